The van der Waals surface area contributed by atoms with Crippen molar-refractivity contribution < 1.29 is 14.4 Å². The van der Waals surface area contributed by atoms with E-state index in [4.69, 9.17) is 0 Å². The van der Waals surface area contributed by atoms with E-state index in [1.54, 1.807) is 65.4 Å². The van der Waals surface area contributed by atoms with Gasteiger partial charge in [-0.05, 0) is 68.4 Å². The summed E-state index contributed by atoms with van der Waals surface area (Å²) in [5.74, 6) is -0.419. The van der Waals surface area contributed by atoms with Crippen LogP contribution in [0.4, 0.5) is 17.1 Å². The Kier molecular flexibility index (Phi) is 8.40. The van der Waals surface area contributed by atoms with Crippen LogP contribution in [0.2, 0.25) is 0 Å². The Morgan fingerprint density at radius 2 is 1.41 bits per heavy atom. The van der Waals surface area contributed by atoms with Gasteiger partial charge in [-0.3, -0.25) is 14.4 Å². The number of anilines is 3. The summed E-state index contributed by atoms with van der Waals surface area (Å²) in [4.78, 5) is 41.0. The third-order valence-corrected chi connectivity index (χ3v) is 5.48. The molecule has 7 nitrogen and oxygen atoms in total. The zero-order valence-corrected chi connectivity index (χ0v) is 19.7. The molecule has 0 saturated carbocycles. The summed E-state index contributed by atoms with van der Waals surface area (Å²) < 4.78 is 0. The van der Waals surface area contributed by atoms with Crippen LogP contribution in [0.3, 0.4) is 0 Å². The van der Waals surface area contributed by atoms with Crippen LogP contribution >= 0.6 is 0 Å². The lowest BCUT2D eigenvalue weighted by atomic mass is 10.1. The van der Waals surface area contributed by atoms with Crippen molar-refractivity contribution in [2.75, 3.05) is 42.2 Å². The highest BCUT2D eigenvalue weighted by Gasteiger charge is 2.14. The maximum absolute atomic E-state index is 12.7. The van der Waals surface area contributed by atoms with E-state index in [9.17, 15) is 14.4 Å². The molecule has 176 valence electrons. The van der Waals surface area contributed by atoms with Gasteiger partial charge in [0.1, 0.15) is 0 Å². The van der Waals surface area contributed by atoms with Gasteiger partial charge in [-0.1, -0.05) is 24.3 Å². The van der Waals surface area contributed by atoms with E-state index in [2.05, 4.69) is 10.6 Å². The molecule has 0 heterocycles. The first-order valence-electron chi connectivity index (χ1n) is 11.3. The zero-order chi connectivity index (χ0) is 24.5. The summed E-state index contributed by atoms with van der Waals surface area (Å²) in [5.41, 5.74) is 3.19. The number of rotatable bonds is 9. The van der Waals surface area contributed by atoms with Crippen molar-refractivity contribution in [1.29, 1.82) is 0 Å². The van der Waals surface area contributed by atoms with E-state index in [-0.39, 0.29) is 24.3 Å². The minimum atomic E-state index is -0.239. The number of carbonyl (C=O) groups is 3. The van der Waals surface area contributed by atoms with Crippen LogP contribution in [0.15, 0.2) is 78.9 Å². The molecule has 3 aromatic carbocycles. The Morgan fingerprint density at radius 1 is 0.735 bits per heavy atom. The number of hydrogen-bond acceptors (Lipinski definition) is 4. The molecule has 0 atom stereocenters. The van der Waals surface area contributed by atoms with Crippen LogP contribution in [-0.2, 0) is 4.79 Å². The van der Waals surface area contributed by atoms with Crippen molar-refractivity contribution in [3.8, 4) is 0 Å². The van der Waals surface area contributed by atoms with E-state index < -0.39 is 0 Å². The topological polar surface area (TPSA) is 81.8 Å². The van der Waals surface area contributed by atoms with Crippen molar-refractivity contribution >= 4 is 34.8 Å². The lowest BCUT2D eigenvalue weighted by molar-refractivity contribution is -0.114. The largest absolute Gasteiger partial charge is 0.376 e. The molecule has 3 aromatic rings. The first-order valence-corrected chi connectivity index (χ1v) is 11.3. The molecule has 34 heavy (non-hydrogen) atoms. The summed E-state index contributed by atoms with van der Waals surface area (Å²) in [6.45, 7) is 5.17. The molecule has 3 amide bonds. The van der Waals surface area contributed by atoms with Gasteiger partial charge in [-0.25, -0.2) is 0 Å². The smallest absolute Gasteiger partial charge is 0.258 e. The lowest BCUT2D eigenvalue weighted by Gasteiger charge is -2.19. The number of para-hydroxylation sites is 1. The second-order valence-corrected chi connectivity index (χ2v) is 7.74. The predicted molar refractivity (Wildman–Crippen MR) is 136 cm³/mol. The van der Waals surface area contributed by atoms with Crippen molar-refractivity contribution in [3.05, 3.63) is 90.0 Å². The molecular weight excluding hydrogens is 428 g/mol. The van der Waals surface area contributed by atoms with Crippen LogP contribution in [-0.4, -0.2) is 49.3 Å². The zero-order valence-electron chi connectivity index (χ0n) is 19.7. The van der Waals surface area contributed by atoms with E-state index in [1.165, 1.54) is 0 Å². The van der Waals surface area contributed by atoms with Crippen molar-refractivity contribution in [3.63, 3.8) is 0 Å². The average molecular weight is 459 g/mol. The summed E-state index contributed by atoms with van der Waals surface area (Å²) in [6, 6.07) is 23.3. The van der Waals surface area contributed by atoms with Crippen LogP contribution in [0.25, 0.3) is 0 Å². The Bertz CT molecular complexity index is 1130. The summed E-state index contributed by atoms with van der Waals surface area (Å²) in [7, 11) is 1.73. The van der Waals surface area contributed by atoms with Gasteiger partial charge in [0, 0.05) is 48.3 Å². The maximum atomic E-state index is 12.7. The Hall–Kier alpha value is -4.13. The number of amides is 3. The van der Waals surface area contributed by atoms with E-state index in [0.29, 0.717) is 29.9 Å². The van der Waals surface area contributed by atoms with Gasteiger partial charge in [-0.2, -0.15) is 0 Å². The Morgan fingerprint density at radius 3 is 2.06 bits per heavy atom. The third-order valence-electron chi connectivity index (χ3n) is 5.48. The van der Waals surface area contributed by atoms with E-state index in [0.717, 1.165) is 11.4 Å². The molecule has 0 aliphatic carbocycles. The van der Waals surface area contributed by atoms with E-state index in [1.807, 2.05) is 44.2 Å². The molecule has 0 aliphatic heterocycles. The van der Waals surface area contributed by atoms with Gasteiger partial charge in [0.05, 0.1) is 6.54 Å². The van der Waals surface area contributed by atoms with Crippen LogP contribution in [0, 0.1) is 0 Å². The second-order valence-electron chi connectivity index (χ2n) is 7.74. The molecule has 0 spiro atoms. The molecule has 0 saturated heterocycles. The monoisotopic (exact) mass is 458 g/mol. The molecule has 0 aromatic heterocycles. The van der Waals surface area contributed by atoms with Crippen molar-refractivity contribution in [2.45, 2.75) is 13.8 Å². The fourth-order valence-electron chi connectivity index (χ4n) is 3.50. The molecule has 2 N–H and O–H groups in total. The van der Waals surface area contributed by atoms with Gasteiger partial charge < -0.3 is 20.4 Å². The Labute approximate surface area is 200 Å². The normalized spacial score (nSPS) is 10.3. The standard InChI is InChI=1S/C27H30N4O3/c1-4-31(5-2)27(34)21-10-9-11-23(18-21)29-25(32)19-28-22-16-14-20(15-17-22)26(33)30(3)24-12-7-6-8-13-24/h6-18,28H,4-5,19H2,1-3H3,(H,29,32). The maximum Gasteiger partial charge on any atom is 0.258 e. The van der Waals surface area contributed by atoms with Gasteiger partial charge in [0.15, 0.2) is 0 Å². The SMILES string of the molecule is CCN(CC)C(=O)c1cccc(NC(=O)CNc2ccc(C(=O)N(C)c3ccccc3)cc2)c1. The lowest BCUT2D eigenvalue weighted by Crippen LogP contribution is -2.30. The van der Waals surface area contributed by atoms with Gasteiger partial charge in [0.2, 0.25) is 5.91 Å². The summed E-state index contributed by atoms with van der Waals surface area (Å²) >= 11 is 0. The predicted octanol–water partition coefficient (Wildman–Crippen LogP) is 4.50. The number of nitrogens with zero attached hydrogens (tertiary/aromatic N) is 2. The summed E-state index contributed by atoms with van der Waals surface area (Å²) in [5, 5.41) is 5.87. The van der Waals surface area contributed by atoms with Gasteiger partial charge in [0.25, 0.3) is 11.8 Å². The fraction of sp³-hybridized carbons (Fsp3) is 0.222. The van der Waals surface area contributed by atoms with E-state index >= 15 is 0 Å². The first-order chi connectivity index (χ1) is 16.4. The van der Waals surface area contributed by atoms with Gasteiger partial charge >= 0.3 is 0 Å². The average Bonchev–Trinajstić information content (AvgIpc) is 2.88. The molecule has 0 radical (unpaired) electrons. The minimum Gasteiger partial charge on any atom is -0.376 e. The highest BCUT2D eigenvalue weighted by atomic mass is 16.2. The number of benzene rings is 3. The molecule has 3 rings (SSSR count). The molecule has 7 heteroatoms. The fourth-order valence-corrected chi connectivity index (χ4v) is 3.50. The molecular formula is C27H30N4O3. The molecule has 0 unspecified atom stereocenters. The van der Waals surface area contributed by atoms with Crippen molar-refractivity contribution in [2.24, 2.45) is 0 Å². The van der Waals surface area contributed by atoms with Gasteiger partial charge in [-0.15, -0.1) is 0 Å². The minimum absolute atomic E-state index is 0.0471. The van der Waals surface area contributed by atoms with Crippen LogP contribution in [0.1, 0.15) is 34.6 Å². The second kappa shape index (κ2) is 11.7. The molecule has 0 aliphatic rings. The van der Waals surface area contributed by atoms with Crippen LogP contribution < -0.4 is 15.5 Å². The number of hydrogen-bond donors (Lipinski definition) is 2. The molecule has 0 fully saturated rings. The van der Waals surface area contributed by atoms with Crippen molar-refractivity contribution in [1.82, 2.24) is 4.90 Å². The number of carbonyl (C=O) groups excluding carboxylic acids is 3. The van der Waals surface area contributed by atoms with Crippen LogP contribution in [0.5, 0.6) is 0 Å². The quantitative estimate of drug-likeness (QED) is 0.495. The Balaban J connectivity index is 1.55. The highest BCUT2D eigenvalue weighted by Crippen LogP contribution is 2.17. The first kappa shape index (κ1) is 24.5. The third kappa shape index (κ3) is 6.22. The number of nitrogens with one attached hydrogen (secondary N) is 2. The summed E-state index contributed by atoms with van der Waals surface area (Å²) in [6.07, 6.45) is 0. The molecule has 0 bridgehead atoms. The highest BCUT2D eigenvalue weighted by molar-refractivity contribution is 6.06.